The largest absolute Gasteiger partial charge is 0.504 e. The molecule has 0 fully saturated rings. The van der Waals surface area contributed by atoms with Crippen LogP contribution in [0.1, 0.15) is 11.1 Å². The van der Waals surface area contributed by atoms with Crippen LogP contribution in [0.15, 0.2) is 46.4 Å². The molecule has 0 unspecified atom stereocenters. The van der Waals surface area contributed by atoms with E-state index >= 15 is 0 Å². The number of hydrogen-bond donors (Lipinski definition) is 1. The number of para-hydroxylation sites is 1. The molecule has 2 aromatic rings. The summed E-state index contributed by atoms with van der Waals surface area (Å²) >= 11 is 0. The van der Waals surface area contributed by atoms with Crippen LogP contribution in [-0.2, 0) is 0 Å². The second kappa shape index (κ2) is 7.50. The van der Waals surface area contributed by atoms with Gasteiger partial charge in [-0.25, -0.2) is 0 Å². The summed E-state index contributed by atoms with van der Waals surface area (Å²) in [4.78, 5) is 8.60. The Kier molecular flexibility index (Phi) is 4.96. The molecule has 0 bridgehead atoms. The predicted molar refractivity (Wildman–Crippen MR) is 92.1 cm³/mol. The molecule has 0 atom stereocenters. The van der Waals surface area contributed by atoms with Crippen molar-refractivity contribution in [2.45, 2.75) is 0 Å². The second-order valence-electron chi connectivity index (χ2n) is 5.08. The Morgan fingerprint density at radius 2 is 1.88 bits per heavy atom. The first-order valence-electron chi connectivity index (χ1n) is 7.53. The van der Waals surface area contributed by atoms with E-state index in [1.165, 1.54) is 7.11 Å². The van der Waals surface area contributed by atoms with E-state index in [1.807, 2.05) is 18.2 Å². The van der Waals surface area contributed by atoms with Gasteiger partial charge in [-0.1, -0.05) is 6.07 Å². The van der Waals surface area contributed by atoms with Crippen molar-refractivity contribution in [1.82, 2.24) is 0 Å². The van der Waals surface area contributed by atoms with Crippen LogP contribution >= 0.6 is 0 Å². The number of aromatic hydroxyl groups is 1. The van der Waals surface area contributed by atoms with Gasteiger partial charge in [0.25, 0.3) is 0 Å². The molecule has 0 aromatic heterocycles. The minimum absolute atomic E-state index is 0.0904. The van der Waals surface area contributed by atoms with Crippen molar-refractivity contribution in [2.24, 2.45) is 9.98 Å². The summed E-state index contributed by atoms with van der Waals surface area (Å²) < 4.78 is 15.6. The van der Waals surface area contributed by atoms with Crippen molar-refractivity contribution >= 4 is 12.4 Å². The lowest BCUT2D eigenvalue weighted by Crippen LogP contribution is -1.93. The summed E-state index contributed by atoms with van der Waals surface area (Å²) in [5.41, 5.74) is 1.57. The average molecular weight is 326 g/mol. The van der Waals surface area contributed by atoms with Crippen LogP contribution in [0.2, 0.25) is 0 Å². The highest BCUT2D eigenvalue weighted by Crippen LogP contribution is 2.32. The SMILES string of the molecule is COc1cccc(C=NCCN=Cc2ccc3c(c2)OCO3)c1O. The van der Waals surface area contributed by atoms with Crippen molar-refractivity contribution in [3.8, 4) is 23.0 Å². The van der Waals surface area contributed by atoms with Gasteiger partial charge in [0, 0.05) is 18.0 Å². The maximum Gasteiger partial charge on any atom is 0.231 e. The molecule has 0 spiro atoms. The van der Waals surface area contributed by atoms with Crippen molar-refractivity contribution < 1.29 is 19.3 Å². The lowest BCUT2D eigenvalue weighted by Gasteiger charge is -2.04. The number of nitrogens with zero attached hydrogens (tertiary/aromatic N) is 2. The number of fused-ring (bicyclic) bond motifs is 1. The van der Waals surface area contributed by atoms with E-state index in [0.29, 0.717) is 24.4 Å². The van der Waals surface area contributed by atoms with Gasteiger partial charge in [0.15, 0.2) is 23.0 Å². The molecule has 6 heteroatoms. The summed E-state index contributed by atoms with van der Waals surface area (Å²) in [5.74, 6) is 2.02. The fourth-order valence-corrected chi connectivity index (χ4v) is 2.25. The first kappa shape index (κ1) is 15.9. The Hall–Kier alpha value is -3.02. The van der Waals surface area contributed by atoms with Crippen LogP contribution in [0.5, 0.6) is 23.0 Å². The van der Waals surface area contributed by atoms with Gasteiger partial charge >= 0.3 is 0 Å². The van der Waals surface area contributed by atoms with Crippen molar-refractivity contribution in [2.75, 3.05) is 27.0 Å². The van der Waals surface area contributed by atoms with E-state index in [1.54, 1.807) is 30.6 Å². The fraction of sp³-hybridized carbons (Fsp3) is 0.222. The second-order valence-corrected chi connectivity index (χ2v) is 5.08. The minimum Gasteiger partial charge on any atom is -0.504 e. The maximum absolute atomic E-state index is 9.95. The highest BCUT2D eigenvalue weighted by Gasteiger charge is 2.12. The van der Waals surface area contributed by atoms with Gasteiger partial charge < -0.3 is 19.3 Å². The molecular formula is C18H18N2O4. The van der Waals surface area contributed by atoms with Crippen molar-refractivity contribution in [3.63, 3.8) is 0 Å². The monoisotopic (exact) mass is 326 g/mol. The minimum atomic E-state index is 0.0904. The van der Waals surface area contributed by atoms with Gasteiger partial charge in [-0.05, 0) is 35.9 Å². The molecular weight excluding hydrogens is 308 g/mol. The van der Waals surface area contributed by atoms with Crippen LogP contribution < -0.4 is 14.2 Å². The Morgan fingerprint density at radius 1 is 1.08 bits per heavy atom. The number of rotatable bonds is 6. The zero-order chi connectivity index (χ0) is 16.8. The topological polar surface area (TPSA) is 72.6 Å². The van der Waals surface area contributed by atoms with Gasteiger partial charge in [0.1, 0.15) is 0 Å². The first-order chi connectivity index (χ1) is 11.8. The van der Waals surface area contributed by atoms with Gasteiger partial charge in [-0.3, -0.25) is 9.98 Å². The van der Waals surface area contributed by atoms with E-state index in [2.05, 4.69) is 9.98 Å². The number of aliphatic imine (C=N–C) groups is 2. The molecule has 1 heterocycles. The molecule has 0 aliphatic carbocycles. The fourth-order valence-electron chi connectivity index (χ4n) is 2.25. The van der Waals surface area contributed by atoms with E-state index in [9.17, 15) is 5.11 Å². The molecule has 0 saturated carbocycles. The highest BCUT2D eigenvalue weighted by atomic mass is 16.7. The summed E-state index contributed by atoms with van der Waals surface area (Å²) in [6.07, 6.45) is 3.40. The number of phenolic OH excluding ortho intramolecular Hbond substituents is 1. The molecule has 1 aliphatic rings. The third-order valence-corrected chi connectivity index (χ3v) is 3.48. The number of methoxy groups -OCH3 is 1. The summed E-state index contributed by atoms with van der Waals surface area (Å²) in [6.45, 7) is 1.34. The Labute approximate surface area is 140 Å². The van der Waals surface area contributed by atoms with Crippen molar-refractivity contribution in [1.29, 1.82) is 0 Å². The predicted octanol–water partition coefficient (Wildman–Crippen LogP) is 2.67. The standard InChI is InChI=1S/C18H18N2O4/c1-22-16-4-2-3-14(18(16)21)11-20-8-7-19-10-13-5-6-15-17(9-13)24-12-23-15/h2-6,9-11,21H,7-8,12H2,1H3. The molecule has 2 aromatic carbocycles. The number of hydrogen-bond acceptors (Lipinski definition) is 6. The molecule has 124 valence electrons. The molecule has 24 heavy (non-hydrogen) atoms. The Morgan fingerprint density at radius 3 is 2.71 bits per heavy atom. The number of benzene rings is 2. The quantitative estimate of drug-likeness (QED) is 0.654. The third-order valence-electron chi connectivity index (χ3n) is 3.48. The zero-order valence-corrected chi connectivity index (χ0v) is 13.3. The van der Waals surface area contributed by atoms with Crippen LogP contribution in [0.25, 0.3) is 0 Å². The molecule has 0 radical (unpaired) electrons. The zero-order valence-electron chi connectivity index (χ0n) is 13.3. The van der Waals surface area contributed by atoms with Crippen LogP contribution in [-0.4, -0.2) is 44.5 Å². The third kappa shape index (κ3) is 3.65. The first-order valence-corrected chi connectivity index (χ1v) is 7.53. The molecule has 1 aliphatic heterocycles. The normalized spacial score (nSPS) is 13.0. The van der Waals surface area contributed by atoms with Crippen LogP contribution in [0.3, 0.4) is 0 Å². The van der Waals surface area contributed by atoms with E-state index < -0.39 is 0 Å². The molecule has 0 saturated heterocycles. The summed E-state index contributed by atoms with van der Waals surface area (Å²) in [6, 6.07) is 11.0. The smallest absolute Gasteiger partial charge is 0.231 e. The summed E-state index contributed by atoms with van der Waals surface area (Å²) in [7, 11) is 1.51. The molecule has 1 N–H and O–H groups in total. The van der Waals surface area contributed by atoms with E-state index in [4.69, 9.17) is 14.2 Å². The Bertz CT molecular complexity index is 772. The van der Waals surface area contributed by atoms with Crippen molar-refractivity contribution in [3.05, 3.63) is 47.5 Å². The van der Waals surface area contributed by atoms with Gasteiger partial charge in [0.05, 0.1) is 20.2 Å². The Balaban J connectivity index is 1.52. The van der Waals surface area contributed by atoms with Crippen LogP contribution in [0, 0.1) is 0 Å². The number of ether oxygens (including phenoxy) is 3. The van der Waals surface area contributed by atoms with Gasteiger partial charge in [-0.15, -0.1) is 0 Å². The number of phenols is 1. The lowest BCUT2D eigenvalue weighted by molar-refractivity contribution is 0.174. The average Bonchev–Trinajstić information content (AvgIpc) is 3.07. The lowest BCUT2D eigenvalue weighted by atomic mass is 10.2. The maximum atomic E-state index is 9.95. The van der Waals surface area contributed by atoms with Gasteiger partial charge in [-0.2, -0.15) is 0 Å². The molecule has 6 nitrogen and oxygen atoms in total. The molecule has 3 rings (SSSR count). The van der Waals surface area contributed by atoms with E-state index in [-0.39, 0.29) is 12.5 Å². The van der Waals surface area contributed by atoms with Gasteiger partial charge in [0.2, 0.25) is 6.79 Å². The van der Waals surface area contributed by atoms with Crippen LogP contribution in [0.4, 0.5) is 0 Å². The van der Waals surface area contributed by atoms with E-state index in [0.717, 1.165) is 17.1 Å². The molecule has 0 amide bonds. The highest BCUT2D eigenvalue weighted by molar-refractivity contribution is 5.85. The summed E-state index contributed by atoms with van der Waals surface area (Å²) in [5, 5.41) is 9.95.